The van der Waals surface area contributed by atoms with Gasteiger partial charge in [-0.1, -0.05) is 23.7 Å². The maximum absolute atomic E-state index is 14.2. The number of benzene rings is 2. The molecular formula is C30H36ClF6N3O4. The van der Waals surface area contributed by atoms with Crippen LogP contribution >= 0.6 is 11.6 Å². The van der Waals surface area contributed by atoms with Gasteiger partial charge in [0, 0.05) is 51.5 Å². The van der Waals surface area contributed by atoms with E-state index in [1.54, 1.807) is 26.2 Å². The number of halogens is 7. The average Bonchev–Trinajstić information content (AvgIpc) is 2.95. The van der Waals surface area contributed by atoms with Crippen molar-refractivity contribution in [1.29, 1.82) is 0 Å². The molecule has 2 aliphatic heterocycles. The van der Waals surface area contributed by atoms with Gasteiger partial charge in [-0.25, -0.2) is 0 Å². The van der Waals surface area contributed by atoms with Crippen LogP contribution in [-0.2, 0) is 5.60 Å². The van der Waals surface area contributed by atoms with Crippen LogP contribution in [0.15, 0.2) is 42.5 Å². The first-order valence-corrected chi connectivity index (χ1v) is 14.7. The predicted octanol–water partition coefficient (Wildman–Crippen LogP) is 6.03. The molecule has 2 aromatic rings. The lowest BCUT2D eigenvalue weighted by Crippen LogP contribution is -2.60. The molecule has 44 heavy (non-hydrogen) atoms. The number of carbonyl (C=O) groups is 1. The summed E-state index contributed by atoms with van der Waals surface area (Å²) in [5.74, 6) is -0.495. The predicted molar refractivity (Wildman–Crippen MR) is 152 cm³/mol. The molecule has 4 rings (SSSR count). The second kappa shape index (κ2) is 13.3. The Hall–Kier alpha value is -2.74. The molecule has 2 aromatic carbocycles. The van der Waals surface area contributed by atoms with Gasteiger partial charge < -0.3 is 24.7 Å². The number of aliphatic hydroxyl groups excluding tert-OH is 1. The van der Waals surface area contributed by atoms with E-state index in [-0.39, 0.29) is 24.9 Å². The average molecular weight is 652 g/mol. The number of ether oxygens (including phenoxy) is 1. The Bertz CT molecular complexity index is 1290. The van der Waals surface area contributed by atoms with E-state index in [9.17, 15) is 41.4 Å². The molecule has 2 fully saturated rings. The van der Waals surface area contributed by atoms with Gasteiger partial charge in [0.05, 0.1) is 10.6 Å². The quantitative estimate of drug-likeness (QED) is 0.340. The third-order valence-electron chi connectivity index (χ3n) is 8.54. The van der Waals surface area contributed by atoms with Gasteiger partial charge in [0.1, 0.15) is 12.0 Å². The molecule has 2 heterocycles. The van der Waals surface area contributed by atoms with Crippen LogP contribution in [0.1, 0.15) is 48.0 Å². The Balaban J connectivity index is 1.33. The summed E-state index contributed by atoms with van der Waals surface area (Å²) in [5, 5.41) is 22.0. The minimum Gasteiger partial charge on any atom is -0.406 e. The van der Waals surface area contributed by atoms with Crippen molar-refractivity contribution in [3.8, 4) is 5.75 Å². The summed E-state index contributed by atoms with van der Waals surface area (Å²) in [7, 11) is 3.32. The standard InChI is InChI=1S/C30H36ClF6N3O4/c1-38(2)26(41)24-7-6-22(18-25(24)31)39-12-8-19(9-13-39)16-20-10-14-40(15-11-20)27(42)28(43,29(32,33)34)21-4-3-5-23(17-21)44-30(35,36)37/h3-7,17-20,27,42-43H,8-16H2,1-2H3. The molecule has 1 amide bonds. The zero-order chi connectivity index (χ0) is 32.4. The summed E-state index contributed by atoms with van der Waals surface area (Å²) in [6, 6.07) is 8.36. The van der Waals surface area contributed by atoms with Gasteiger partial charge in [-0.05, 0) is 74.3 Å². The molecule has 2 N–H and O–H groups in total. The Morgan fingerprint density at radius 1 is 0.977 bits per heavy atom. The number of anilines is 1. The number of rotatable bonds is 8. The topological polar surface area (TPSA) is 76.5 Å². The lowest BCUT2D eigenvalue weighted by Gasteiger charge is -2.44. The summed E-state index contributed by atoms with van der Waals surface area (Å²) in [6.45, 7) is 1.74. The summed E-state index contributed by atoms with van der Waals surface area (Å²) in [6.07, 6.45) is -9.28. The minimum atomic E-state index is -5.39. The molecular weight excluding hydrogens is 616 g/mol. The fraction of sp³-hybridized carbons (Fsp3) is 0.567. The monoisotopic (exact) mass is 651 g/mol. The van der Waals surface area contributed by atoms with Gasteiger partial charge in [-0.3, -0.25) is 9.69 Å². The first-order chi connectivity index (χ1) is 20.5. The number of nitrogens with zero attached hydrogens (tertiary/aromatic N) is 3. The number of hydrogen-bond donors (Lipinski definition) is 2. The van der Waals surface area contributed by atoms with Crippen LogP contribution in [0.2, 0.25) is 5.02 Å². The molecule has 2 atom stereocenters. The number of hydrogen-bond acceptors (Lipinski definition) is 6. The molecule has 0 spiro atoms. The van der Waals surface area contributed by atoms with Gasteiger partial charge in [0.25, 0.3) is 5.91 Å². The van der Waals surface area contributed by atoms with Gasteiger partial charge in [0.2, 0.25) is 5.60 Å². The number of aliphatic hydroxyl groups is 2. The smallest absolute Gasteiger partial charge is 0.406 e. The minimum absolute atomic E-state index is 0.0817. The second-order valence-electron chi connectivity index (χ2n) is 11.7. The zero-order valence-electron chi connectivity index (χ0n) is 24.3. The molecule has 2 unspecified atom stereocenters. The Kier molecular flexibility index (Phi) is 10.3. The summed E-state index contributed by atoms with van der Waals surface area (Å²) in [5.41, 5.74) is -3.42. The third-order valence-corrected chi connectivity index (χ3v) is 8.86. The summed E-state index contributed by atoms with van der Waals surface area (Å²) < 4.78 is 84.2. The molecule has 2 saturated heterocycles. The van der Waals surface area contributed by atoms with E-state index in [1.165, 1.54) is 4.90 Å². The lowest BCUT2D eigenvalue weighted by molar-refractivity contribution is -0.320. The van der Waals surface area contributed by atoms with E-state index in [4.69, 9.17) is 11.6 Å². The van der Waals surface area contributed by atoms with Gasteiger partial charge in [-0.2, -0.15) is 13.2 Å². The van der Waals surface area contributed by atoms with Crippen molar-refractivity contribution in [2.45, 2.75) is 56.5 Å². The van der Waals surface area contributed by atoms with E-state index in [0.717, 1.165) is 61.1 Å². The number of piperidine rings is 2. The molecule has 7 nitrogen and oxygen atoms in total. The SMILES string of the molecule is CN(C)C(=O)c1ccc(N2CCC(CC3CCN(C(O)C(O)(c4cccc(OC(F)(F)F)c4)C(F)(F)F)CC3)CC2)cc1Cl. The van der Waals surface area contributed by atoms with Gasteiger partial charge >= 0.3 is 12.5 Å². The van der Waals surface area contributed by atoms with Crippen molar-refractivity contribution in [3.05, 3.63) is 58.6 Å². The molecule has 244 valence electrons. The highest BCUT2D eigenvalue weighted by Crippen LogP contribution is 2.45. The highest BCUT2D eigenvalue weighted by molar-refractivity contribution is 6.34. The molecule has 0 aromatic heterocycles. The Morgan fingerprint density at radius 2 is 1.57 bits per heavy atom. The van der Waals surface area contributed by atoms with Crippen LogP contribution in [0.5, 0.6) is 5.75 Å². The molecule has 0 bridgehead atoms. The summed E-state index contributed by atoms with van der Waals surface area (Å²) in [4.78, 5) is 17.1. The van der Waals surface area contributed by atoms with Crippen LogP contribution in [-0.4, -0.2) is 85.0 Å². The van der Waals surface area contributed by atoms with Crippen LogP contribution in [0.25, 0.3) is 0 Å². The molecule has 0 saturated carbocycles. The van der Waals surface area contributed by atoms with Crippen molar-refractivity contribution in [3.63, 3.8) is 0 Å². The van der Waals surface area contributed by atoms with E-state index < -0.39 is 35.7 Å². The van der Waals surface area contributed by atoms with E-state index in [0.29, 0.717) is 35.4 Å². The molecule has 0 radical (unpaired) electrons. The number of amides is 1. The van der Waals surface area contributed by atoms with Crippen LogP contribution in [0.4, 0.5) is 32.0 Å². The third kappa shape index (κ3) is 7.72. The fourth-order valence-corrected chi connectivity index (χ4v) is 6.36. The largest absolute Gasteiger partial charge is 0.573 e. The zero-order valence-corrected chi connectivity index (χ0v) is 25.1. The van der Waals surface area contributed by atoms with Crippen molar-refractivity contribution in [2.75, 3.05) is 45.2 Å². The Labute approximate surface area is 256 Å². The van der Waals surface area contributed by atoms with E-state index >= 15 is 0 Å². The van der Waals surface area contributed by atoms with Crippen molar-refractivity contribution in [1.82, 2.24) is 9.80 Å². The molecule has 0 aliphatic carbocycles. The highest BCUT2D eigenvalue weighted by Gasteiger charge is 2.61. The van der Waals surface area contributed by atoms with Crippen LogP contribution in [0, 0.1) is 11.8 Å². The Morgan fingerprint density at radius 3 is 2.09 bits per heavy atom. The van der Waals surface area contributed by atoms with Crippen molar-refractivity contribution < 1.29 is 46.1 Å². The number of carbonyl (C=O) groups excluding carboxylic acids is 1. The van der Waals surface area contributed by atoms with Crippen LogP contribution in [0.3, 0.4) is 0 Å². The van der Waals surface area contributed by atoms with E-state index in [2.05, 4.69) is 9.64 Å². The molecule has 2 aliphatic rings. The maximum Gasteiger partial charge on any atom is 0.573 e. The number of alkyl halides is 6. The first-order valence-electron chi connectivity index (χ1n) is 14.3. The number of likely N-dealkylation sites (tertiary alicyclic amines) is 1. The van der Waals surface area contributed by atoms with Crippen molar-refractivity contribution in [2.24, 2.45) is 11.8 Å². The highest BCUT2D eigenvalue weighted by atomic mass is 35.5. The van der Waals surface area contributed by atoms with Gasteiger partial charge in [-0.15, -0.1) is 13.2 Å². The lowest BCUT2D eigenvalue weighted by atomic mass is 9.82. The normalized spacial score (nSPS) is 19.8. The second-order valence-corrected chi connectivity index (χ2v) is 12.1. The first kappa shape index (κ1) is 34.1. The van der Waals surface area contributed by atoms with E-state index in [1.807, 2.05) is 6.07 Å². The maximum atomic E-state index is 14.2. The van der Waals surface area contributed by atoms with Crippen molar-refractivity contribution >= 4 is 23.2 Å². The summed E-state index contributed by atoms with van der Waals surface area (Å²) >= 11 is 6.38. The molecule has 14 heteroatoms. The van der Waals surface area contributed by atoms with Gasteiger partial charge in [0.15, 0.2) is 0 Å². The van der Waals surface area contributed by atoms with Crippen LogP contribution < -0.4 is 9.64 Å². The fourth-order valence-electron chi connectivity index (χ4n) is 6.10.